The minimum Gasteiger partial charge on any atom is -0.473 e. The molecule has 1 aliphatic rings. The summed E-state index contributed by atoms with van der Waals surface area (Å²) in [5.74, 6) is 1.95. The van der Waals surface area contributed by atoms with Crippen LogP contribution in [0.15, 0.2) is 30.6 Å². The Morgan fingerprint density at radius 3 is 2.33 bits per heavy atom. The normalized spacial score (nSPS) is 15.5. The van der Waals surface area contributed by atoms with Crippen LogP contribution in [0.4, 0.5) is 5.69 Å². The molecule has 2 aromatic rings. The van der Waals surface area contributed by atoms with E-state index >= 15 is 0 Å². The molecule has 1 aromatic heterocycles. The maximum absolute atomic E-state index is 6.15. The second kappa shape index (κ2) is 7.51. The van der Waals surface area contributed by atoms with Crippen LogP contribution in [-0.2, 0) is 0 Å². The molecule has 3 rings (SSSR count). The highest BCUT2D eigenvalue weighted by atomic mass is 16.5. The van der Waals surface area contributed by atoms with Crippen LogP contribution in [0.1, 0.15) is 57.4 Å². The quantitative estimate of drug-likeness (QED) is 0.863. The van der Waals surface area contributed by atoms with Gasteiger partial charge in [-0.05, 0) is 49.3 Å². The third-order valence-corrected chi connectivity index (χ3v) is 4.40. The van der Waals surface area contributed by atoms with Crippen molar-refractivity contribution in [2.45, 2.75) is 58.0 Å². The second-order valence-corrected chi connectivity index (χ2v) is 6.60. The maximum Gasteiger partial charge on any atom is 0.249 e. The molecule has 128 valence electrons. The van der Waals surface area contributed by atoms with Crippen LogP contribution in [0.3, 0.4) is 0 Å². The van der Waals surface area contributed by atoms with Crippen molar-refractivity contribution in [2.75, 3.05) is 5.73 Å². The molecule has 0 aliphatic heterocycles. The molecule has 0 atom stereocenters. The summed E-state index contributed by atoms with van der Waals surface area (Å²) < 4.78 is 11.8. The summed E-state index contributed by atoms with van der Waals surface area (Å²) in [4.78, 5) is 8.32. The Kier molecular flexibility index (Phi) is 5.18. The fourth-order valence-corrected chi connectivity index (χ4v) is 2.91. The lowest BCUT2D eigenvalue weighted by molar-refractivity contribution is 0.149. The van der Waals surface area contributed by atoms with Crippen LogP contribution in [0.25, 0.3) is 0 Å². The number of rotatable bonds is 5. The molecule has 0 radical (unpaired) electrons. The first kappa shape index (κ1) is 16.6. The van der Waals surface area contributed by atoms with Gasteiger partial charge in [-0.3, -0.25) is 0 Å². The van der Waals surface area contributed by atoms with Crippen molar-refractivity contribution in [3.05, 3.63) is 36.2 Å². The lowest BCUT2D eigenvalue weighted by Crippen LogP contribution is -2.21. The standard InChI is InChI=1S/C19H25N3O2/c1-13(2)14-8-10-16(11-9-14)24-19-17(20)18(21-12-22-19)23-15-6-4-3-5-7-15/h8-13,15H,3-7,20H2,1-2H3. The average Bonchev–Trinajstić information content (AvgIpc) is 2.60. The molecular formula is C19H25N3O2. The van der Waals surface area contributed by atoms with Gasteiger partial charge in [0, 0.05) is 0 Å². The van der Waals surface area contributed by atoms with Gasteiger partial charge < -0.3 is 15.2 Å². The van der Waals surface area contributed by atoms with Gasteiger partial charge >= 0.3 is 0 Å². The van der Waals surface area contributed by atoms with E-state index < -0.39 is 0 Å². The molecule has 1 aliphatic carbocycles. The number of hydrogen-bond acceptors (Lipinski definition) is 5. The first-order valence-corrected chi connectivity index (χ1v) is 8.68. The van der Waals surface area contributed by atoms with Gasteiger partial charge in [0.05, 0.1) is 0 Å². The van der Waals surface area contributed by atoms with Crippen LogP contribution in [0.2, 0.25) is 0 Å². The first-order valence-electron chi connectivity index (χ1n) is 8.68. The highest BCUT2D eigenvalue weighted by Crippen LogP contribution is 2.33. The van der Waals surface area contributed by atoms with Gasteiger partial charge in [0.15, 0.2) is 5.69 Å². The van der Waals surface area contributed by atoms with Gasteiger partial charge in [0.1, 0.15) is 18.2 Å². The van der Waals surface area contributed by atoms with Crippen molar-refractivity contribution in [3.8, 4) is 17.5 Å². The molecule has 1 aromatic carbocycles. The Bertz CT molecular complexity index is 665. The molecular weight excluding hydrogens is 302 g/mol. The van der Waals surface area contributed by atoms with E-state index in [0.29, 0.717) is 29.1 Å². The number of benzene rings is 1. The number of hydrogen-bond donors (Lipinski definition) is 1. The van der Waals surface area contributed by atoms with Crippen molar-refractivity contribution < 1.29 is 9.47 Å². The molecule has 0 spiro atoms. The number of nitrogens with two attached hydrogens (primary N) is 1. The molecule has 0 amide bonds. The highest BCUT2D eigenvalue weighted by Gasteiger charge is 2.19. The molecule has 1 saturated carbocycles. The van der Waals surface area contributed by atoms with Gasteiger partial charge in [0.2, 0.25) is 11.8 Å². The molecule has 0 unspecified atom stereocenters. The lowest BCUT2D eigenvalue weighted by atomic mass is 9.98. The fraction of sp³-hybridized carbons (Fsp3) is 0.474. The summed E-state index contributed by atoms with van der Waals surface area (Å²) >= 11 is 0. The van der Waals surface area contributed by atoms with E-state index in [1.807, 2.05) is 12.1 Å². The Labute approximate surface area is 143 Å². The number of aromatic nitrogens is 2. The lowest BCUT2D eigenvalue weighted by Gasteiger charge is -2.23. The SMILES string of the molecule is CC(C)c1ccc(Oc2ncnc(OC3CCCCC3)c2N)cc1. The Morgan fingerprint density at radius 2 is 1.67 bits per heavy atom. The number of nitrogens with zero attached hydrogens (tertiary/aromatic N) is 2. The van der Waals surface area contributed by atoms with Gasteiger partial charge in [-0.25, -0.2) is 0 Å². The van der Waals surface area contributed by atoms with Crippen molar-refractivity contribution in [1.82, 2.24) is 9.97 Å². The summed E-state index contributed by atoms with van der Waals surface area (Å²) in [6.07, 6.45) is 7.40. The van der Waals surface area contributed by atoms with E-state index in [9.17, 15) is 0 Å². The zero-order chi connectivity index (χ0) is 16.9. The zero-order valence-electron chi connectivity index (χ0n) is 14.4. The first-order chi connectivity index (χ1) is 11.6. The van der Waals surface area contributed by atoms with E-state index in [0.717, 1.165) is 12.8 Å². The van der Waals surface area contributed by atoms with E-state index in [-0.39, 0.29) is 6.10 Å². The second-order valence-electron chi connectivity index (χ2n) is 6.60. The average molecular weight is 327 g/mol. The van der Waals surface area contributed by atoms with E-state index in [2.05, 4.69) is 35.9 Å². The Hall–Kier alpha value is -2.30. The molecule has 0 saturated heterocycles. The smallest absolute Gasteiger partial charge is 0.249 e. The predicted molar refractivity (Wildman–Crippen MR) is 94.6 cm³/mol. The minimum absolute atomic E-state index is 0.189. The maximum atomic E-state index is 6.15. The number of ether oxygens (including phenoxy) is 2. The molecule has 1 fully saturated rings. The van der Waals surface area contributed by atoms with Crippen LogP contribution in [0, 0.1) is 0 Å². The van der Waals surface area contributed by atoms with Crippen molar-refractivity contribution in [2.24, 2.45) is 0 Å². The van der Waals surface area contributed by atoms with Gasteiger partial charge in [-0.1, -0.05) is 32.4 Å². The third-order valence-electron chi connectivity index (χ3n) is 4.40. The predicted octanol–water partition coefficient (Wildman–Crippen LogP) is 4.69. The van der Waals surface area contributed by atoms with Gasteiger partial charge in [-0.15, -0.1) is 0 Å². The molecule has 5 nitrogen and oxygen atoms in total. The summed E-state index contributed by atoms with van der Waals surface area (Å²) in [6.45, 7) is 4.32. The molecule has 24 heavy (non-hydrogen) atoms. The molecule has 5 heteroatoms. The summed E-state index contributed by atoms with van der Waals surface area (Å²) in [5, 5.41) is 0. The summed E-state index contributed by atoms with van der Waals surface area (Å²) in [6, 6.07) is 7.96. The Balaban J connectivity index is 1.72. The van der Waals surface area contributed by atoms with Crippen LogP contribution in [0.5, 0.6) is 17.5 Å². The topological polar surface area (TPSA) is 70.3 Å². The van der Waals surface area contributed by atoms with E-state index in [4.69, 9.17) is 15.2 Å². The monoisotopic (exact) mass is 327 g/mol. The Morgan fingerprint density at radius 1 is 1.00 bits per heavy atom. The molecule has 1 heterocycles. The van der Waals surface area contributed by atoms with Gasteiger partial charge in [0.25, 0.3) is 0 Å². The van der Waals surface area contributed by atoms with Crippen LogP contribution in [-0.4, -0.2) is 16.1 Å². The zero-order valence-corrected chi connectivity index (χ0v) is 14.4. The minimum atomic E-state index is 0.189. The van der Waals surface area contributed by atoms with Gasteiger partial charge in [-0.2, -0.15) is 9.97 Å². The van der Waals surface area contributed by atoms with Crippen molar-refractivity contribution >= 4 is 5.69 Å². The van der Waals surface area contributed by atoms with Crippen molar-refractivity contribution in [1.29, 1.82) is 0 Å². The summed E-state index contributed by atoms with van der Waals surface area (Å²) in [5.41, 5.74) is 7.77. The van der Waals surface area contributed by atoms with E-state index in [1.165, 1.54) is 31.2 Å². The largest absolute Gasteiger partial charge is 0.473 e. The van der Waals surface area contributed by atoms with Crippen LogP contribution >= 0.6 is 0 Å². The van der Waals surface area contributed by atoms with Crippen molar-refractivity contribution in [3.63, 3.8) is 0 Å². The fourth-order valence-electron chi connectivity index (χ4n) is 2.91. The van der Waals surface area contributed by atoms with Crippen LogP contribution < -0.4 is 15.2 Å². The number of anilines is 1. The molecule has 0 bridgehead atoms. The van der Waals surface area contributed by atoms with E-state index in [1.54, 1.807) is 0 Å². The highest BCUT2D eigenvalue weighted by molar-refractivity contribution is 5.57. The molecule has 2 N–H and O–H groups in total. The third kappa shape index (κ3) is 3.96. The summed E-state index contributed by atoms with van der Waals surface area (Å²) in [7, 11) is 0. The number of nitrogen functional groups attached to an aromatic ring is 1.